The van der Waals surface area contributed by atoms with Crippen LogP contribution in [0, 0.1) is 12.8 Å². The van der Waals surface area contributed by atoms with Crippen LogP contribution < -0.4 is 5.32 Å². The number of amides is 2. The van der Waals surface area contributed by atoms with Crippen molar-refractivity contribution in [3.8, 4) is 0 Å². The molecule has 2 rings (SSSR count). The van der Waals surface area contributed by atoms with Gasteiger partial charge < -0.3 is 15.1 Å². The summed E-state index contributed by atoms with van der Waals surface area (Å²) in [7, 11) is 4.05. The molecule has 1 aliphatic rings. The largest absolute Gasteiger partial charge is 0.354 e. The molecule has 1 heterocycles. The van der Waals surface area contributed by atoms with Gasteiger partial charge in [-0.15, -0.1) is 0 Å². The van der Waals surface area contributed by atoms with Crippen LogP contribution in [0.2, 0.25) is 0 Å². The van der Waals surface area contributed by atoms with Gasteiger partial charge in [0, 0.05) is 26.1 Å². The number of nitrogens with zero attached hydrogens (tertiary/aromatic N) is 2. The zero-order valence-corrected chi connectivity index (χ0v) is 15.9. The third-order valence-corrected chi connectivity index (χ3v) is 5.00. The molecule has 0 bridgehead atoms. The first-order valence-electron chi connectivity index (χ1n) is 9.20. The van der Waals surface area contributed by atoms with Gasteiger partial charge in [0.05, 0.1) is 12.0 Å². The SMILES string of the molecule is CCC(=O)N1CCC[C@H](C(=O)NC[C@H](c2ccc(C)cc2)N(C)C)C1. The minimum atomic E-state index is -0.0925. The highest BCUT2D eigenvalue weighted by atomic mass is 16.2. The Bertz CT molecular complexity index is 583. The summed E-state index contributed by atoms with van der Waals surface area (Å²) >= 11 is 0. The lowest BCUT2D eigenvalue weighted by molar-refractivity contribution is -0.135. The molecule has 0 unspecified atom stereocenters. The van der Waals surface area contributed by atoms with Crippen molar-refractivity contribution in [3.05, 3.63) is 35.4 Å². The molecular weight excluding hydrogens is 314 g/mol. The van der Waals surface area contributed by atoms with Crippen LogP contribution >= 0.6 is 0 Å². The molecule has 1 fully saturated rings. The maximum atomic E-state index is 12.6. The van der Waals surface area contributed by atoms with Crippen molar-refractivity contribution in [1.29, 1.82) is 0 Å². The fourth-order valence-corrected chi connectivity index (χ4v) is 3.37. The lowest BCUT2D eigenvalue weighted by Gasteiger charge is -2.32. The second-order valence-electron chi connectivity index (χ2n) is 7.17. The lowest BCUT2D eigenvalue weighted by Crippen LogP contribution is -2.46. The van der Waals surface area contributed by atoms with Crippen molar-refractivity contribution in [2.75, 3.05) is 33.7 Å². The van der Waals surface area contributed by atoms with E-state index in [4.69, 9.17) is 0 Å². The molecule has 1 aromatic rings. The molecular formula is C20H31N3O2. The van der Waals surface area contributed by atoms with Gasteiger partial charge in [0.2, 0.25) is 11.8 Å². The van der Waals surface area contributed by atoms with Crippen LogP contribution in [-0.2, 0) is 9.59 Å². The molecule has 1 N–H and O–H groups in total. The molecule has 138 valence electrons. The van der Waals surface area contributed by atoms with E-state index >= 15 is 0 Å². The van der Waals surface area contributed by atoms with Crippen molar-refractivity contribution < 1.29 is 9.59 Å². The van der Waals surface area contributed by atoms with Crippen LogP contribution in [0.25, 0.3) is 0 Å². The van der Waals surface area contributed by atoms with Crippen LogP contribution in [0.5, 0.6) is 0 Å². The topological polar surface area (TPSA) is 52.7 Å². The Labute approximate surface area is 151 Å². The Morgan fingerprint density at radius 1 is 1.28 bits per heavy atom. The summed E-state index contributed by atoms with van der Waals surface area (Å²) in [6, 6.07) is 8.58. The highest BCUT2D eigenvalue weighted by Crippen LogP contribution is 2.20. The highest BCUT2D eigenvalue weighted by molar-refractivity contribution is 5.81. The molecule has 1 aromatic carbocycles. The summed E-state index contributed by atoms with van der Waals surface area (Å²) in [6.45, 7) is 5.85. The molecule has 25 heavy (non-hydrogen) atoms. The molecule has 5 heteroatoms. The average molecular weight is 345 g/mol. The van der Waals surface area contributed by atoms with Gasteiger partial charge in [0.15, 0.2) is 0 Å². The number of aryl methyl sites for hydroxylation is 1. The lowest BCUT2D eigenvalue weighted by atomic mass is 9.96. The zero-order chi connectivity index (χ0) is 18.4. The van der Waals surface area contributed by atoms with E-state index in [9.17, 15) is 9.59 Å². The Morgan fingerprint density at radius 2 is 1.96 bits per heavy atom. The fraction of sp³-hybridized carbons (Fsp3) is 0.600. The van der Waals surface area contributed by atoms with Crippen molar-refractivity contribution in [3.63, 3.8) is 0 Å². The molecule has 0 spiro atoms. The van der Waals surface area contributed by atoms with E-state index in [1.807, 2.05) is 25.9 Å². The number of rotatable bonds is 6. The molecule has 0 radical (unpaired) electrons. The number of carbonyl (C=O) groups is 2. The summed E-state index contributed by atoms with van der Waals surface area (Å²) in [5.74, 6) is 0.112. The van der Waals surface area contributed by atoms with Gasteiger partial charge in [-0.3, -0.25) is 9.59 Å². The normalized spacial score (nSPS) is 18.9. The average Bonchev–Trinajstić information content (AvgIpc) is 2.62. The van der Waals surface area contributed by atoms with Crippen LogP contribution in [0.1, 0.15) is 43.4 Å². The Morgan fingerprint density at radius 3 is 2.56 bits per heavy atom. The van der Waals surface area contributed by atoms with E-state index in [1.165, 1.54) is 11.1 Å². The first-order chi connectivity index (χ1) is 11.9. The van der Waals surface area contributed by atoms with Gasteiger partial charge in [-0.05, 0) is 39.4 Å². The number of benzene rings is 1. The maximum Gasteiger partial charge on any atom is 0.224 e. The van der Waals surface area contributed by atoms with E-state index in [0.717, 1.165) is 19.4 Å². The quantitative estimate of drug-likeness (QED) is 0.861. The van der Waals surface area contributed by atoms with E-state index in [0.29, 0.717) is 19.5 Å². The molecule has 0 aromatic heterocycles. The van der Waals surface area contributed by atoms with Gasteiger partial charge in [0.25, 0.3) is 0 Å². The number of hydrogen-bond acceptors (Lipinski definition) is 3. The summed E-state index contributed by atoms with van der Waals surface area (Å²) < 4.78 is 0. The number of likely N-dealkylation sites (N-methyl/N-ethyl adjacent to an activating group) is 1. The monoisotopic (exact) mass is 345 g/mol. The first kappa shape index (κ1) is 19.4. The molecule has 1 aliphatic heterocycles. The Hall–Kier alpha value is -1.88. The zero-order valence-electron chi connectivity index (χ0n) is 15.9. The summed E-state index contributed by atoms with van der Waals surface area (Å²) in [5.41, 5.74) is 2.43. The van der Waals surface area contributed by atoms with Crippen LogP contribution in [0.3, 0.4) is 0 Å². The van der Waals surface area contributed by atoms with Crippen LogP contribution in [-0.4, -0.2) is 55.3 Å². The van der Waals surface area contributed by atoms with Gasteiger partial charge in [-0.2, -0.15) is 0 Å². The number of hydrogen-bond donors (Lipinski definition) is 1. The van der Waals surface area contributed by atoms with Crippen molar-refractivity contribution >= 4 is 11.8 Å². The third kappa shape index (κ3) is 5.30. The predicted octanol–water partition coefficient (Wildman–Crippen LogP) is 2.36. The van der Waals surface area contributed by atoms with E-state index < -0.39 is 0 Å². The van der Waals surface area contributed by atoms with Gasteiger partial charge in [-0.1, -0.05) is 36.8 Å². The minimum absolute atomic E-state index is 0.0626. The maximum absolute atomic E-state index is 12.6. The second-order valence-corrected chi connectivity index (χ2v) is 7.17. The van der Waals surface area contributed by atoms with E-state index in [2.05, 4.69) is 41.4 Å². The minimum Gasteiger partial charge on any atom is -0.354 e. The Kier molecular flexibility index (Phi) is 7.00. The molecule has 2 atom stereocenters. The van der Waals surface area contributed by atoms with Gasteiger partial charge in [0.1, 0.15) is 0 Å². The molecule has 5 nitrogen and oxygen atoms in total. The van der Waals surface area contributed by atoms with Crippen LogP contribution in [0.15, 0.2) is 24.3 Å². The van der Waals surface area contributed by atoms with E-state index in [1.54, 1.807) is 0 Å². The van der Waals surface area contributed by atoms with Gasteiger partial charge in [-0.25, -0.2) is 0 Å². The Balaban J connectivity index is 1.94. The number of likely N-dealkylation sites (tertiary alicyclic amines) is 1. The summed E-state index contributed by atoms with van der Waals surface area (Å²) in [4.78, 5) is 28.4. The smallest absolute Gasteiger partial charge is 0.224 e. The second kappa shape index (κ2) is 8.99. The predicted molar refractivity (Wildman–Crippen MR) is 100 cm³/mol. The fourth-order valence-electron chi connectivity index (χ4n) is 3.37. The number of piperidine rings is 1. The standard InChI is InChI=1S/C20H31N3O2/c1-5-19(24)23-12-6-7-17(14-23)20(25)21-13-18(22(3)4)16-10-8-15(2)9-11-16/h8-11,17-18H,5-7,12-14H2,1-4H3,(H,21,25)/t17-,18+/m0/s1. The van der Waals surface area contributed by atoms with Crippen molar-refractivity contribution in [2.24, 2.45) is 5.92 Å². The molecule has 1 saturated heterocycles. The first-order valence-corrected chi connectivity index (χ1v) is 9.20. The molecule has 0 aliphatic carbocycles. The van der Waals surface area contributed by atoms with Crippen LogP contribution in [0.4, 0.5) is 0 Å². The van der Waals surface area contributed by atoms with Crippen molar-refractivity contribution in [2.45, 2.75) is 39.2 Å². The summed E-state index contributed by atoms with van der Waals surface area (Å²) in [5, 5.41) is 3.11. The summed E-state index contributed by atoms with van der Waals surface area (Å²) in [6.07, 6.45) is 2.26. The molecule has 0 saturated carbocycles. The molecule has 2 amide bonds. The van der Waals surface area contributed by atoms with Crippen molar-refractivity contribution in [1.82, 2.24) is 15.1 Å². The number of nitrogens with one attached hydrogen (secondary N) is 1. The number of carbonyl (C=O) groups excluding carboxylic acids is 2. The third-order valence-electron chi connectivity index (χ3n) is 5.00. The van der Waals surface area contributed by atoms with E-state index in [-0.39, 0.29) is 23.8 Å². The van der Waals surface area contributed by atoms with Gasteiger partial charge >= 0.3 is 0 Å². The highest BCUT2D eigenvalue weighted by Gasteiger charge is 2.28.